The second-order valence-corrected chi connectivity index (χ2v) is 6.74. The summed E-state index contributed by atoms with van der Waals surface area (Å²) in [7, 11) is 0. The molecule has 138 valence electrons. The van der Waals surface area contributed by atoms with Gasteiger partial charge in [-0.25, -0.2) is 8.78 Å². The van der Waals surface area contributed by atoms with E-state index >= 15 is 0 Å². The number of hydrogen-bond donors (Lipinski definition) is 1. The molecular weight excluding hydrogens is 338 g/mol. The number of nitrogens with zero attached hydrogens (tertiary/aromatic N) is 1. The van der Waals surface area contributed by atoms with Gasteiger partial charge in [-0.1, -0.05) is 25.1 Å². The lowest BCUT2D eigenvalue weighted by Crippen LogP contribution is -2.40. The first-order chi connectivity index (χ1) is 12.5. The zero-order valence-electron chi connectivity index (χ0n) is 14.6. The van der Waals surface area contributed by atoms with Crippen LogP contribution in [0, 0.1) is 17.6 Å². The molecule has 2 aromatic rings. The summed E-state index contributed by atoms with van der Waals surface area (Å²) in [5.41, 5.74) is 1.23. The first-order valence-electron chi connectivity index (χ1n) is 8.64. The van der Waals surface area contributed by atoms with Crippen LogP contribution in [0.3, 0.4) is 0 Å². The average molecular weight is 360 g/mol. The molecule has 0 saturated carbocycles. The summed E-state index contributed by atoms with van der Waals surface area (Å²) in [5.74, 6) is 0.161. The van der Waals surface area contributed by atoms with Crippen molar-refractivity contribution in [3.63, 3.8) is 0 Å². The van der Waals surface area contributed by atoms with Crippen molar-refractivity contribution in [2.24, 2.45) is 5.92 Å². The number of hydrogen-bond acceptors (Lipinski definition) is 3. The van der Waals surface area contributed by atoms with E-state index in [4.69, 9.17) is 4.74 Å². The number of carbonyl (C=O) groups is 1. The lowest BCUT2D eigenvalue weighted by molar-refractivity contribution is -0.111. The van der Waals surface area contributed by atoms with E-state index in [1.165, 1.54) is 18.2 Å². The lowest BCUT2D eigenvalue weighted by atomic mass is 10.1. The maximum Gasteiger partial charge on any atom is 0.208 e. The third-order valence-electron chi connectivity index (χ3n) is 4.57. The number of amides is 1. The van der Waals surface area contributed by atoms with Gasteiger partial charge in [0.25, 0.3) is 0 Å². The molecule has 3 rings (SSSR count). The summed E-state index contributed by atoms with van der Waals surface area (Å²) >= 11 is 0. The number of carbonyl (C=O) groups excluding carboxylic acids is 1. The molecule has 2 aromatic carbocycles. The third kappa shape index (κ3) is 4.58. The van der Waals surface area contributed by atoms with Crippen LogP contribution in [-0.2, 0) is 17.9 Å². The first-order valence-corrected chi connectivity index (χ1v) is 8.64. The first kappa shape index (κ1) is 18.3. The Morgan fingerprint density at radius 3 is 2.85 bits per heavy atom. The summed E-state index contributed by atoms with van der Waals surface area (Å²) in [6.45, 7) is 3.51. The molecule has 4 nitrogen and oxygen atoms in total. The second-order valence-electron chi connectivity index (χ2n) is 6.74. The zero-order chi connectivity index (χ0) is 18.5. The monoisotopic (exact) mass is 360 g/mol. The fourth-order valence-corrected chi connectivity index (χ4v) is 3.32. The molecule has 6 heteroatoms. The molecule has 1 aliphatic heterocycles. The molecule has 1 N–H and O–H groups in total. The van der Waals surface area contributed by atoms with Gasteiger partial charge < -0.3 is 10.1 Å². The maximum absolute atomic E-state index is 14.4. The summed E-state index contributed by atoms with van der Waals surface area (Å²) in [6, 6.07) is 10.9. The van der Waals surface area contributed by atoms with Gasteiger partial charge in [0, 0.05) is 24.7 Å². The fourth-order valence-electron chi connectivity index (χ4n) is 3.32. The molecule has 1 amide bonds. The van der Waals surface area contributed by atoms with Crippen LogP contribution in [0.15, 0.2) is 42.5 Å². The Morgan fingerprint density at radius 1 is 1.27 bits per heavy atom. The molecule has 0 radical (unpaired) electrons. The SMILES string of the molecule is C[C@H]1C[C@@H](NC=O)N(Cc2ccc(OCc3cccc(F)c3)cc2F)C1. The van der Waals surface area contributed by atoms with Crippen molar-refractivity contribution in [1.29, 1.82) is 0 Å². The predicted molar refractivity (Wildman–Crippen MR) is 94.3 cm³/mol. The van der Waals surface area contributed by atoms with E-state index in [1.54, 1.807) is 24.3 Å². The number of halogens is 2. The molecule has 0 unspecified atom stereocenters. The number of benzene rings is 2. The molecular formula is C20H22F2N2O2. The van der Waals surface area contributed by atoms with Crippen molar-refractivity contribution in [3.05, 3.63) is 65.2 Å². The molecule has 0 aromatic heterocycles. The van der Waals surface area contributed by atoms with Crippen LogP contribution in [0.5, 0.6) is 5.75 Å². The number of likely N-dealkylation sites (tertiary alicyclic amines) is 1. The Bertz CT molecular complexity index is 769. The minimum Gasteiger partial charge on any atom is -0.489 e. The molecule has 1 saturated heterocycles. The van der Waals surface area contributed by atoms with Gasteiger partial charge in [0.2, 0.25) is 6.41 Å². The number of ether oxygens (including phenoxy) is 1. The minimum absolute atomic E-state index is 0.0641. The molecule has 0 spiro atoms. The molecule has 2 atom stereocenters. The van der Waals surface area contributed by atoms with Crippen molar-refractivity contribution in [2.45, 2.75) is 32.7 Å². The van der Waals surface area contributed by atoms with Gasteiger partial charge in [0.15, 0.2) is 0 Å². The second kappa shape index (κ2) is 8.27. The largest absolute Gasteiger partial charge is 0.489 e. The molecule has 1 aliphatic rings. The summed E-state index contributed by atoms with van der Waals surface area (Å²) in [4.78, 5) is 12.8. The summed E-state index contributed by atoms with van der Waals surface area (Å²) in [6.07, 6.45) is 1.48. The Morgan fingerprint density at radius 2 is 2.12 bits per heavy atom. The molecule has 1 heterocycles. The predicted octanol–water partition coefficient (Wildman–Crippen LogP) is 3.46. The van der Waals surface area contributed by atoms with Crippen LogP contribution in [0.25, 0.3) is 0 Å². The Hall–Kier alpha value is -2.47. The highest BCUT2D eigenvalue weighted by atomic mass is 19.1. The Kier molecular flexibility index (Phi) is 5.83. The van der Waals surface area contributed by atoms with E-state index < -0.39 is 0 Å². The minimum atomic E-state index is -0.355. The van der Waals surface area contributed by atoms with E-state index in [-0.39, 0.29) is 24.4 Å². The van der Waals surface area contributed by atoms with Gasteiger partial charge in [-0.3, -0.25) is 9.69 Å². The van der Waals surface area contributed by atoms with Crippen LogP contribution in [0.4, 0.5) is 8.78 Å². The van der Waals surface area contributed by atoms with Gasteiger partial charge in [-0.15, -0.1) is 0 Å². The van der Waals surface area contributed by atoms with Crippen LogP contribution in [0.2, 0.25) is 0 Å². The van der Waals surface area contributed by atoms with Crippen molar-refractivity contribution < 1.29 is 18.3 Å². The maximum atomic E-state index is 14.4. The smallest absolute Gasteiger partial charge is 0.208 e. The van der Waals surface area contributed by atoms with Crippen LogP contribution in [0.1, 0.15) is 24.5 Å². The summed E-state index contributed by atoms with van der Waals surface area (Å²) in [5, 5.41) is 2.79. The summed E-state index contributed by atoms with van der Waals surface area (Å²) < 4.78 is 33.2. The molecule has 0 aliphatic carbocycles. The van der Waals surface area contributed by atoms with Crippen LogP contribution < -0.4 is 10.1 Å². The number of rotatable bonds is 7. The standard InChI is InChI=1S/C20H22F2N2O2/c1-14-7-20(23-13-25)24(10-14)11-16-5-6-18(9-19(16)22)26-12-15-3-2-4-17(21)8-15/h2-6,8-9,13-14,20H,7,10-12H2,1H3,(H,23,25)/t14-,20-/m0/s1. The van der Waals surface area contributed by atoms with E-state index in [0.29, 0.717) is 35.7 Å². The Labute approximate surface area is 151 Å². The molecule has 0 bridgehead atoms. The van der Waals surface area contributed by atoms with Crippen LogP contribution in [-0.4, -0.2) is 24.0 Å². The van der Waals surface area contributed by atoms with E-state index in [0.717, 1.165) is 13.0 Å². The highest BCUT2D eigenvalue weighted by molar-refractivity contribution is 5.46. The number of nitrogens with one attached hydrogen (secondary N) is 1. The lowest BCUT2D eigenvalue weighted by Gasteiger charge is -2.24. The topological polar surface area (TPSA) is 41.6 Å². The van der Waals surface area contributed by atoms with Gasteiger partial charge >= 0.3 is 0 Å². The molecule has 26 heavy (non-hydrogen) atoms. The quantitative estimate of drug-likeness (QED) is 0.769. The van der Waals surface area contributed by atoms with Gasteiger partial charge in [0.05, 0.1) is 6.17 Å². The van der Waals surface area contributed by atoms with E-state index in [9.17, 15) is 13.6 Å². The highest BCUT2D eigenvalue weighted by Gasteiger charge is 2.29. The van der Waals surface area contributed by atoms with Crippen LogP contribution >= 0.6 is 0 Å². The van der Waals surface area contributed by atoms with Crippen molar-refractivity contribution in [1.82, 2.24) is 10.2 Å². The fraction of sp³-hybridized carbons (Fsp3) is 0.350. The Balaban J connectivity index is 1.63. The molecule has 1 fully saturated rings. The van der Waals surface area contributed by atoms with Gasteiger partial charge in [-0.05, 0) is 36.1 Å². The van der Waals surface area contributed by atoms with Crippen molar-refractivity contribution in [2.75, 3.05) is 6.54 Å². The van der Waals surface area contributed by atoms with Gasteiger partial charge in [-0.2, -0.15) is 0 Å². The average Bonchev–Trinajstić information content (AvgIpc) is 2.95. The normalized spacial score (nSPS) is 20.1. The zero-order valence-corrected chi connectivity index (χ0v) is 14.6. The van der Waals surface area contributed by atoms with Crippen molar-refractivity contribution in [3.8, 4) is 5.75 Å². The van der Waals surface area contributed by atoms with Gasteiger partial charge in [0.1, 0.15) is 24.0 Å². The van der Waals surface area contributed by atoms with E-state index in [2.05, 4.69) is 17.1 Å². The highest BCUT2D eigenvalue weighted by Crippen LogP contribution is 2.25. The van der Waals surface area contributed by atoms with Crippen molar-refractivity contribution >= 4 is 6.41 Å². The van der Waals surface area contributed by atoms with E-state index in [1.807, 2.05) is 0 Å². The third-order valence-corrected chi connectivity index (χ3v) is 4.57.